The molecule has 0 aliphatic carbocycles. The molecule has 0 aromatic heterocycles. The van der Waals surface area contributed by atoms with Crippen LogP contribution in [0.15, 0.2) is 42.5 Å². The van der Waals surface area contributed by atoms with Crippen molar-refractivity contribution in [2.45, 2.75) is 90.6 Å². The number of fused-ring (bicyclic) bond motifs is 1. The van der Waals surface area contributed by atoms with Crippen LogP contribution in [0.2, 0.25) is 0 Å². The summed E-state index contributed by atoms with van der Waals surface area (Å²) < 4.78 is 6.86. The highest BCUT2D eigenvalue weighted by atomic mass is 16.5. The molecule has 0 fully saturated rings. The summed E-state index contributed by atoms with van der Waals surface area (Å²) in [5, 5.41) is 0. The molecule has 27 heavy (non-hydrogen) atoms. The Kier molecular flexibility index (Phi) is 4.95. The standard InChI is InChI=1S/C26H36O/c1-18(19-12-10-9-11-13-19)26(8)15-14-20-16-21(24(2,3)4)17-22(23(20)27-26)25(5,6)7/h9-13,16-18H,14-15H2,1-8H3/t18?,26-/m1/s1. The molecule has 1 nitrogen and oxygen atoms in total. The van der Waals surface area contributed by atoms with Crippen molar-refractivity contribution >= 4 is 0 Å². The molecule has 0 saturated heterocycles. The fourth-order valence-corrected chi connectivity index (χ4v) is 4.05. The zero-order valence-electron chi connectivity index (χ0n) is 18.4. The molecular weight excluding hydrogens is 328 g/mol. The molecule has 1 aliphatic heterocycles. The van der Waals surface area contributed by atoms with Crippen molar-refractivity contribution in [2.24, 2.45) is 0 Å². The number of ether oxygens (including phenoxy) is 1. The second-order valence-corrected chi connectivity index (χ2v) is 10.6. The van der Waals surface area contributed by atoms with Gasteiger partial charge in [0, 0.05) is 11.5 Å². The monoisotopic (exact) mass is 364 g/mol. The number of hydrogen-bond acceptors (Lipinski definition) is 1. The zero-order valence-corrected chi connectivity index (χ0v) is 18.4. The molecule has 0 spiro atoms. The lowest BCUT2D eigenvalue weighted by atomic mass is 9.74. The summed E-state index contributed by atoms with van der Waals surface area (Å²) in [6.07, 6.45) is 2.13. The van der Waals surface area contributed by atoms with Gasteiger partial charge in [-0.05, 0) is 47.3 Å². The minimum Gasteiger partial charge on any atom is -0.486 e. The van der Waals surface area contributed by atoms with E-state index < -0.39 is 0 Å². The molecule has 0 saturated carbocycles. The van der Waals surface area contributed by atoms with Gasteiger partial charge in [-0.2, -0.15) is 0 Å². The third-order valence-corrected chi connectivity index (χ3v) is 6.28. The largest absolute Gasteiger partial charge is 0.486 e. The zero-order chi connectivity index (χ0) is 20.0. The van der Waals surface area contributed by atoms with E-state index in [0.29, 0.717) is 5.92 Å². The Morgan fingerprint density at radius 1 is 0.926 bits per heavy atom. The van der Waals surface area contributed by atoms with E-state index in [4.69, 9.17) is 4.74 Å². The Balaban J connectivity index is 2.07. The van der Waals surface area contributed by atoms with Crippen molar-refractivity contribution in [3.05, 3.63) is 64.7 Å². The molecule has 0 amide bonds. The van der Waals surface area contributed by atoms with Gasteiger partial charge in [0.15, 0.2) is 0 Å². The van der Waals surface area contributed by atoms with Gasteiger partial charge in [0.05, 0.1) is 0 Å². The van der Waals surface area contributed by atoms with Crippen molar-refractivity contribution in [3.8, 4) is 5.75 Å². The lowest BCUT2D eigenvalue weighted by molar-refractivity contribution is 0.0398. The predicted molar refractivity (Wildman–Crippen MR) is 116 cm³/mol. The van der Waals surface area contributed by atoms with Gasteiger partial charge in [-0.3, -0.25) is 0 Å². The highest BCUT2D eigenvalue weighted by Gasteiger charge is 2.40. The van der Waals surface area contributed by atoms with Crippen LogP contribution < -0.4 is 4.74 Å². The van der Waals surface area contributed by atoms with Gasteiger partial charge in [0.25, 0.3) is 0 Å². The van der Waals surface area contributed by atoms with Crippen molar-refractivity contribution < 1.29 is 4.74 Å². The van der Waals surface area contributed by atoms with Crippen molar-refractivity contribution in [3.63, 3.8) is 0 Å². The lowest BCUT2D eigenvalue weighted by Crippen LogP contribution is -2.42. The average Bonchev–Trinajstić information content (AvgIpc) is 2.59. The highest BCUT2D eigenvalue weighted by molar-refractivity contribution is 5.51. The predicted octanol–water partition coefficient (Wildman–Crippen LogP) is 7.17. The molecule has 1 heteroatoms. The minimum atomic E-state index is -0.183. The first-order valence-electron chi connectivity index (χ1n) is 10.3. The molecule has 0 N–H and O–H groups in total. The van der Waals surface area contributed by atoms with E-state index in [0.717, 1.165) is 18.6 Å². The van der Waals surface area contributed by atoms with E-state index in [2.05, 4.69) is 97.9 Å². The lowest BCUT2D eigenvalue weighted by Gasteiger charge is -2.43. The summed E-state index contributed by atoms with van der Waals surface area (Å²) in [5.74, 6) is 1.48. The van der Waals surface area contributed by atoms with E-state index in [1.54, 1.807) is 0 Å². The highest BCUT2D eigenvalue weighted by Crippen LogP contribution is 2.47. The van der Waals surface area contributed by atoms with Gasteiger partial charge in [0.2, 0.25) is 0 Å². The molecule has 1 aliphatic rings. The Hall–Kier alpha value is -1.76. The van der Waals surface area contributed by atoms with Crippen molar-refractivity contribution in [2.75, 3.05) is 0 Å². The van der Waals surface area contributed by atoms with Gasteiger partial charge in [-0.25, -0.2) is 0 Å². The number of rotatable bonds is 2. The van der Waals surface area contributed by atoms with Crippen LogP contribution in [0.4, 0.5) is 0 Å². The van der Waals surface area contributed by atoms with Crippen LogP contribution in [0.5, 0.6) is 5.75 Å². The maximum absolute atomic E-state index is 6.86. The molecule has 2 aromatic carbocycles. The Bertz CT molecular complexity index is 805. The van der Waals surface area contributed by atoms with E-state index >= 15 is 0 Å². The molecule has 0 radical (unpaired) electrons. The minimum absolute atomic E-state index is 0.0551. The number of hydrogen-bond donors (Lipinski definition) is 0. The maximum atomic E-state index is 6.86. The summed E-state index contributed by atoms with van der Waals surface area (Å²) in [5.41, 5.74) is 5.51. The van der Waals surface area contributed by atoms with Gasteiger partial charge < -0.3 is 4.74 Å². The van der Waals surface area contributed by atoms with Crippen LogP contribution in [0.3, 0.4) is 0 Å². The normalized spacial score (nSPS) is 21.3. The molecule has 146 valence electrons. The fraction of sp³-hybridized carbons (Fsp3) is 0.538. The van der Waals surface area contributed by atoms with Crippen LogP contribution in [0.25, 0.3) is 0 Å². The van der Waals surface area contributed by atoms with Gasteiger partial charge in [0.1, 0.15) is 11.4 Å². The molecule has 2 aromatic rings. The van der Waals surface area contributed by atoms with Gasteiger partial charge in [-0.1, -0.05) is 90.9 Å². The fourth-order valence-electron chi connectivity index (χ4n) is 4.05. The first-order valence-corrected chi connectivity index (χ1v) is 10.3. The SMILES string of the molecule is CC(c1ccccc1)[C@@]1(C)CCc2cc(C(C)(C)C)cc(C(C)(C)C)c2O1. The van der Waals surface area contributed by atoms with E-state index in [-0.39, 0.29) is 16.4 Å². The molecule has 3 rings (SSSR count). The van der Waals surface area contributed by atoms with Crippen LogP contribution in [0.1, 0.15) is 90.0 Å². The summed E-state index contributed by atoms with van der Waals surface area (Å²) in [6, 6.07) is 15.6. The summed E-state index contributed by atoms with van der Waals surface area (Å²) in [6.45, 7) is 18.4. The van der Waals surface area contributed by atoms with E-state index in [1.807, 2.05) is 0 Å². The number of aryl methyl sites for hydroxylation is 1. The molecular formula is C26H36O. The summed E-state index contributed by atoms with van der Waals surface area (Å²) >= 11 is 0. The molecule has 1 unspecified atom stereocenters. The van der Waals surface area contributed by atoms with Gasteiger partial charge in [-0.15, -0.1) is 0 Å². The smallest absolute Gasteiger partial charge is 0.127 e. The van der Waals surface area contributed by atoms with E-state index in [1.165, 1.54) is 22.3 Å². The third kappa shape index (κ3) is 3.93. The average molecular weight is 365 g/mol. The molecule has 1 heterocycles. The maximum Gasteiger partial charge on any atom is 0.127 e. The van der Waals surface area contributed by atoms with Crippen LogP contribution in [-0.2, 0) is 17.3 Å². The first kappa shape index (κ1) is 20.0. The van der Waals surface area contributed by atoms with Crippen LogP contribution in [0, 0.1) is 0 Å². The van der Waals surface area contributed by atoms with Crippen molar-refractivity contribution in [1.29, 1.82) is 0 Å². The molecule has 0 bridgehead atoms. The Morgan fingerprint density at radius 2 is 1.56 bits per heavy atom. The van der Waals surface area contributed by atoms with Crippen molar-refractivity contribution in [1.82, 2.24) is 0 Å². The summed E-state index contributed by atoms with van der Waals surface area (Å²) in [7, 11) is 0. The second-order valence-electron chi connectivity index (χ2n) is 10.6. The summed E-state index contributed by atoms with van der Waals surface area (Å²) in [4.78, 5) is 0. The third-order valence-electron chi connectivity index (χ3n) is 6.28. The Morgan fingerprint density at radius 3 is 2.11 bits per heavy atom. The number of benzene rings is 2. The first-order chi connectivity index (χ1) is 12.4. The van der Waals surface area contributed by atoms with Crippen LogP contribution >= 0.6 is 0 Å². The second kappa shape index (κ2) is 6.69. The molecule has 2 atom stereocenters. The van der Waals surface area contributed by atoms with E-state index in [9.17, 15) is 0 Å². The Labute approximate surface area is 166 Å². The topological polar surface area (TPSA) is 9.23 Å². The van der Waals surface area contributed by atoms with Gasteiger partial charge >= 0.3 is 0 Å². The van der Waals surface area contributed by atoms with Crippen LogP contribution in [-0.4, -0.2) is 5.60 Å². The quantitative estimate of drug-likeness (QED) is 0.549.